The molecule has 11 nitrogen and oxygen atoms in total. The first-order chi connectivity index (χ1) is 22.6. The van der Waals surface area contributed by atoms with Crippen LogP contribution in [0.4, 0.5) is 23.7 Å². The number of hydrogen-bond acceptors (Lipinski definition) is 5. The molecule has 2 aromatic carbocycles. The zero-order chi connectivity index (χ0) is 33.5. The molecule has 1 aliphatic rings. The minimum absolute atomic E-state index is 0.0164. The fourth-order valence-electron chi connectivity index (χ4n) is 5.29. The number of carbonyl (C=O) groups excluding carboxylic acids is 2. The van der Waals surface area contributed by atoms with Crippen molar-refractivity contribution in [3.63, 3.8) is 0 Å². The fraction of sp³-hybridized carbons (Fsp3) is 0.273. The van der Waals surface area contributed by atoms with E-state index >= 15 is 0 Å². The number of aromatic amines is 1. The highest BCUT2D eigenvalue weighted by Crippen LogP contribution is 2.29. The molecule has 0 radical (unpaired) electrons. The monoisotopic (exact) mass is 651 g/mol. The van der Waals surface area contributed by atoms with Gasteiger partial charge in [-0.1, -0.05) is 6.08 Å². The molecule has 4 N–H and O–H groups in total. The van der Waals surface area contributed by atoms with Crippen molar-refractivity contribution in [2.45, 2.75) is 44.9 Å². The number of fused-ring (bicyclic) bond motifs is 1. The quantitative estimate of drug-likeness (QED) is 0.160. The summed E-state index contributed by atoms with van der Waals surface area (Å²) < 4.78 is 48.7. The van der Waals surface area contributed by atoms with Gasteiger partial charge >= 0.3 is 6.09 Å². The predicted octanol–water partition coefficient (Wildman–Crippen LogP) is 4.91. The van der Waals surface area contributed by atoms with E-state index in [1.54, 1.807) is 17.0 Å². The highest BCUT2D eigenvalue weighted by molar-refractivity contribution is 5.96. The molecule has 1 fully saturated rings. The molecule has 0 saturated carbocycles. The number of halogens is 3. The van der Waals surface area contributed by atoms with E-state index in [4.69, 9.17) is 4.74 Å². The summed E-state index contributed by atoms with van der Waals surface area (Å²) in [5.74, 6) is -2.96. The largest absolute Gasteiger partial charge is 0.486 e. The number of amides is 3. The van der Waals surface area contributed by atoms with Gasteiger partial charge in [-0.05, 0) is 68.2 Å². The molecule has 4 aromatic rings. The van der Waals surface area contributed by atoms with Crippen molar-refractivity contribution in [3.05, 3.63) is 106 Å². The molecule has 2 aromatic heterocycles. The van der Waals surface area contributed by atoms with Crippen LogP contribution in [0.5, 0.6) is 5.75 Å². The summed E-state index contributed by atoms with van der Waals surface area (Å²) >= 11 is 0. The standard InChI is InChI=1S/C33H32F3N5O6/c34-22-10-9-20(25(36)16-22)19-47-28-17-23(35)14-21-15-24(37-30(21)28)18-41-13-5-7-27(32(41)44)38-31(43)26(39-33(45)46)6-1-2-8-29(42)40-11-3-4-12-40/h2,5,7-10,13-17,26,37,39H,1,3-4,6,11-12,18-19H2,(H,38,43)(H,45,46)/b8-2+/t26-/m0/s1. The maximum atomic E-state index is 14.4. The third-order valence-corrected chi connectivity index (χ3v) is 7.64. The van der Waals surface area contributed by atoms with Gasteiger partial charge in [-0.2, -0.15) is 0 Å². The first-order valence-electron chi connectivity index (χ1n) is 14.9. The third kappa shape index (κ3) is 8.39. The molecule has 14 heteroatoms. The Labute approximate surface area is 266 Å². The second-order valence-electron chi connectivity index (χ2n) is 11.0. The van der Waals surface area contributed by atoms with Crippen LogP contribution < -0.4 is 20.9 Å². The maximum Gasteiger partial charge on any atom is 0.405 e. The van der Waals surface area contributed by atoms with E-state index in [2.05, 4.69) is 15.6 Å². The number of nitrogens with one attached hydrogen (secondary N) is 3. The van der Waals surface area contributed by atoms with Crippen LogP contribution in [0, 0.1) is 17.5 Å². The summed E-state index contributed by atoms with van der Waals surface area (Å²) in [5.41, 5.74) is 0.266. The molecular weight excluding hydrogens is 619 g/mol. The van der Waals surface area contributed by atoms with Crippen LogP contribution >= 0.6 is 0 Å². The topological polar surface area (TPSA) is 146 Å². The van der Waals surface area contributed by atoms with E-state index in [0.717, 1.165) is 31.0 Å². The average Bonchev–Trinajstić information content (AvgIpc) is 3.70. The zero-order valence-corrected chi connectivity index (χ0v) is 25.1. The van der Waals surface area contributed by atoms with Crippen LogP contribution in [0.1, 0.15) is 36.9 Å². The van der Waals surface area contributed by atoms with Gasteiger partial charge in [-0.15, -0.1) is 0 Å². The number of H-pyrrole nitrogens is 1. The second-order valence-corrected chi connectivity index (χ2v) is 11.0. The number of pyridine rings is 1. The Morgan fingerprint density at radius 3 is 2.57 bits per heavy atom. The molecule has 0 unspecified atom stereocenters. The summed E-state index contributed by atoms with van der Waals surface area (Å²) in [7, 11) is 0. The normalized spacial score (nSPS) is 13.6. The van der Waals surface area contributed by atoms with Crippen molar-refractivity contribution in [2.24, 2.45) is 0 Å². The lowest BCUT2D eigenvalue weighted by Crippen LogP contribution is -2.44. The average molecular weight is 652 g/mol. The van der Waals surface area contributed by atoms with Crippen molar-refractivity contribution >= 4 is 34.5 Å². The summed E-state index contributed by atoms with van der Waals surface area (Å²) in [6.07, 6.45) is 5.25. The van der Waals surface area contributed by atoms with Gasteiger partial charge in [0.05, 0.1) is 12.1 Å². The zero-order valence-electron chi connectivity index (χ0n) is 25.1. The Morgan fingerprint density at radius 2 is 1.83 bits per heavy atom. The highest BCUT2D eigenvalue weighted by Gasteiger charge is 2.22. The third-order valence-electron chi connectivity index (χ3n) is 7.64. The lowest BCUT2D eigenvalue weighted by Gasteiger charge is -2.16. The van der Waals surface area contributed by atoms with Gasteiger partial charge in [0.25, 0.3) is 5.56 Å². The molecule has 1 atom stereocenters. The number of carbonyl (C=O) groups is 3. The van der Waals surface area contributed by atoms with E-state index in [-0.39, 0.29) is 48.9 Å². The smallest absolute Gasteiger partial charge is 0.405 e. The molecule has 246 valence electrons. The van der Waals surface area contributed by atoms with E-state index < -0.39 is 41.1 Å². The minimum Gasteiger partial charge on any atom is -0.486 e. The van der Waals surface area contributed by atoms with Gasteiger partial charge in [0.15, 0.2) is 0 Å². The highest BCUT2D eigenvalue weighted by atomic mass is 19.1. The summed E-state index contributed by atoms with van der Waals surface area (Å²) in [5, 5.41) is 14.3. The first-order valence-corrected chi connectivity index (χ1v) is 14.9. The number of hydrogen-bond donors (Lipinski definition) is 4. The number of ether oxygens (including phenoxy) is 1. The number of anilines is 1. The van der Waals surface area contributed by atoms with E-state index in [9.17, 15) is 37.5 Å². The molecule has 3 amide bonds. The van der Waals surface area contributed by atoms with Crippen LogP contribution in [0.15, 0.2) is 71.7 Å². The van der Waals surface area contributed by atoms with Gasteiger partial charge < -0.3 is 34.9 Å². The Kier molecular flexibility index (Phi) is 10.3. The number of carboxylic acid groups (broad SMARTS) is 1. The number of aromatic nitrogens is 2. The van der Waals surface area contributed by atoms with Crippen LogP contribution in [0.3, 0.4) is 0 Å². The van der Waals surface area contributed by atoms with Gasteiger partial charge in [0.1, 0.15) is 41.5 Å². The molecule has 3 heterocycles. The Balaban J connectivity index is 1.26. The van der Waals surface area contributed by atoms with Crippen molar-refractivity contribution in [2.75, 3.05) is 18.4 Å². The Bertz CT molecular complexity index is 1880. The molecule has 0 bridgehead atoms. The molecule has 0 aliphatic carbocycles. The number of allylic oxidation sites excluding steroid dienone is 1. The van der Waals surface area contributed by atoms with Gasteiger partial charge in [-0.25, -0.2) is 18.0 Å². The SMILES string of the molecule is O=C(O)N[C@@H](CC/C=C/C(=O)N1CCCC1)C(=O)Nc1cccn(Cc2cc3cc(F)cc(OCc4ccc(F)cc4F)c3[nH]2)c1=O. The van der Waals surface area contributed by atoms with Gasteiger partial charge in [0, 0.05) is 48.1 Å². The van der Waals surface area contributed by atoms with Crippen molar-refractivity contribution in [3.8, 4) is 5.75 Å². The second kappa shape index (κ2) is 14.7. The number of benzene rings is 2. The summed E-state index contributed by atoms with van der Waals surface area (Å²) in [6.45, 7) is 1.08. The Morgan fingerprint density at radius 1 is 1.04 bits per heavy atom. The molecule has 0 spiro atoms. The van der Waals surface area contributed by atoms with E-state index in [1.165, 1.54) is 41.1 Å². The number of rotatable bonds is 12. The molecule has 5 rings (SSSR count). The van der Waals surface area contributed by atoms with Crippen LogP contribution in [0.2, 0.25) is 0 Å². The number of likely N-dealkylation sites (tertiary alicyclic amines) is 1. The molecule has 1 saturated heterocycles. The van der Waals surface area contributed by atoms with E-state index in [1.807, 2.05) is 0 Å². The van der Waals surface area contributed by atoms with Crippen molar-refractivity contribution in [1.29, 1.82) is 0 Å². The number of nitrogens with zero attached hydrogens (tertiary/aromatic N) is 2. The van der Waals surface area contributed by atoms with Crippen molar-refractivity contribution in [1.82, 2.24) is 19.8 Å². The van der Waals surface area contributed by atoms with Crippen LogP contribution in [-0.4, -0.2) is 56.6 Å². The van der Waals surface area contributed by atoms with Crippen LogP contribution in [-0.2, 0) is 22.7 Å². The Hall–Kier alpha value is -5.53. The predicted molar refractivity (Wildman–Crippen MR) is 167 cm³/mol. The van der Waals surface area contributed by atoms with Gasteiger partial charge in [-0.3, -0.25) is 14.4 Å². The molecule has 1 aliphatic heterocycles. The lowest BCUT2D eigenvalue weighted by molar-refractivity contribution is -0.125. The first kappa shape index (κ1) is 32.9. The molecule has 47 heavy (non-hydrogen) atoms. The molecular formula is C33H32F3N5O6. The van der Waals surface area contributed by atoms with Crippen molar-refractivity contribution < 1.29 is 37.4 Å². The summed E-state index contributed by atoms with van der Waals surface area (Å²) in [6, 6.07) is 8.74. The van der Waals surface area contributed by atoms with Gasteiger partial charge in [0.2, 0.25) is 11.8 Å². The van der Waals surface area contributed by atoms with E-state index in [0.29, 0.717) is 29.7 Å². The fourth-order valence-corrected chi connectivity index (χ4v) is 5.29. The van der Waals surface area contributed by atoms with Crippen LogP contribution in [0.25, 0.3) is 10.9 Å². The summed E-state index contributed by atoms with van der Waals surface area (Å²) in [4.78, 5) is 54.6. The maximum absolute atomic E-state index is 14.4. The minimum atomic E-state index is -1.42. The lowest BCUT2D eigenvalue weighted by atomic mass is 10.1.